The highest BCUT2D eigenvalue weighted by atomic mass is 35.5. The quantitative estimate of drug-likeness (QED) is 0.766. The van der Waals surface area contributed by atoms with E-state index in [1.807, 2.05) is 37.1 Å². The molecule has 25 heavy (non-hydrogen) atoms. The average Bonchev–Trinajstić information content (AvgIpc) is 3.12. The van der Waals surface area contributed by atoms with E-state index in [4.69, 9.17) is 16.3 Å². The minimum Gasteiger partial charge on any atom is -0.378 e. The van der Waals surface area contributed by atoms with Crippen LogP contribution in [-0.4, -0.2) is 46.7 Å². The van der Waals surface area contributed by atoms with Crippen LogP contribution in [0.15, 0.2) is 30.6 Å². The van der Waals surface area contributed by atoms with Crippen molar-refractivity contribution in [3.05, 3.63) is 41.6 Å². The first-order chi connectivity index (χ1) is 12.0. The fourth-order valence-corrected chi connectivity index (χ4v) is 3.70. The molecule has 1 fully saturated rings. The molecule has 0 N–H and O–H groups in total. The van der Waals surface area contributed by atoms with Crippen molar-refractivity contribution in [3.63, 3.8) is 0 Å². The lowest BCUT2D eigenvalue weighted by atomic mass is 9.90. The zero-order valence-corrected chi connectivity index (χ0v) is 14.8. The number of nitrogens with zero attached hydrogens (tertiary/aromatic N) is 5. The predicted molar refractivity (Wildman–Crippen MR) is 93.8 cm³/mol. The monoisotopic (exact) mass is 359 g/mol. The molecule has 1 amide bonds. The zero-order valence-electron chi connectivity index (χ0n) is 14.0. The molecule has 1 spiro atoms. The summed E-state index contributed by atoms with van der Waals surface area (Å²) < 4.78 is 5.58. The molecule has 0 radical (unpaired) electrons. The number of rotatable bonds is 2. The van der Waals surface area contributed by atoms with Crippen LogP contribution in [0, 0.1) is 0 Å². The number of halogens is 1. The molecule has 2 aliphatic rings. The van der Waals surface area contributed by atoms with E-state index < -0.39 is 5.54 Å². The first-order valence-corrected chi connectivity index (χ1v) is 8.51. The Kier molecular flexibility index (Phi) is 3.85. The van der Waals surface area contributed by atoms with Crippen LogP contribution in [0.5, 0.6) is 0 Å². The van der Waals surface area contributed by atoms with E-state index in [1.54, 1.807) is 17.3 Å². The SMILES string of the molecule is CC(c1ccccn1)N1C(=O)C2(CCOC2)N(C)c2nc(Cl)ncc21. The van der Waals surface area contributed by atoms with Crippen molar-refractivity contribution < 1.29 is 9.53 Å². The number of hydrogen-bond acceptors (Lipinski definition) is 6. The second-order valence-electron chi connectivity index (χ2n) is 6.35. The summed E-state index contributed by atoms with van der Waals surface area (Å²) in [7, 11) is 1.86. The van der Waals surface area contributed by atoms with E-state index in [0.717, 1.165) is 5.69 Å². The summed E-state index contributed by atoms with van der Waals surface area (Å²) in [5.41, 5.74) is 0.663. The molecule has 2 aromatic rings. The Hall–Kier alpha value is -2.25. The van der Waals surface area contributed by atoms with E-state index in [-0.39, 0.29) is 17.2 Å². The molecule has 2 unspecified atom stereocenters. The summed E-state index contributed by atoms with van der Waals surface area (Å²) in [5.74, 6) is 0.608. The molecule has 0 aromatic carbocycles. The fourth-order valence-electron chi connectivity index (χ4n) is 3.57. The second kappa shape index (κ2) is 5.93. The van der Waals surface area contributed by atoms with Crippen LogP contribution in [0.4, 0.5) is 11.5 Å². The van der Waals surface area contributed by atoms with Gasteiger partial charge in [-0.1, -0.05) is 6.07 Å². The van der Waals surface area contributed by atoms with Crippen LogP contribution in [-0.2, 0) is 9.53 Å². The van der Waals surface area contributed by atoms with Crippen molar-refractivity contribution in [2.45, 2.75) is 24.9 Å². The average molecular weight is 360 g/mol. The third-order valence-electron chi connectivity index (χ3n) is 5.06. The molecule has 0 bridgehead atoms. The second-order valence-corrected chi connectivity index (χ2v) is 6.68. The van der Waals surface area contributed by atoms with Gasteiger partial charge in [0, 0.05) is 26.3 Å². The first-order valence-electron chi connectivity index (χ1n) is 8.13. The Bertz CT molecular complexity index is 810. The van der Waals surface area contributed by atoms with E-state index >= 15 is 0 Å². The van der Waals surface area contributed by atoms with Gasteiger partial charge in [-0.2, -0.15) is 4.98 Å². The van der Waals surface area contributed by atoms with E-state index in [9.17, 15) is 4.79 Å². The standard InChI is InChI=1S/C17H18ClN5O2/c1-11(12-5-3-4-7-19-12)23-13-9-20-16(18)21-14(13)22(2)17(15(23)24)6-8-25-10-17/h3-5,7,9,11H,6,8,10H2,1-2H3. The minimum absolute atomic E-state index is 0.0240. The van der Waals surface area contributed by atoms with E-state index in [0.29, 0.717) is 31.1 Å². The predicted octanol–water partition coefficient (Wildman–Crippen LogP) is 2.23. The summed E-state index contributed by atoms with van der Waals surface area (Å²) in [5, 5.41) is 0.152. The number of pyridine rings is 1. The number of carbonyl (C=O) groups excluding carboxylic acids is 1. The van der Waals surface area contributed by atoms with Crippen molar-refractivity contribution in [2.75, 3.05) is 30.1 Å². The fraction of sp³-hybridized carbons (Fsp3) is 0.412. The molecule has 8 heteroatoms. The van der Waals surface area contributed by atoms with Gasteiger partial charge in [-0.15, -0.1) is 0 Å². The number of ether oxygens (including phenoxy) is 1. The van der Waals surface area contributed by atoms with E-state index in [2.05, 4.69) is 15.0 Å². The Morgan fingerprint density at radius 2 is 2.20 bits per heavy atom. The highest BCUT2D eigenvalue weighted by molar-refractivity contribution is 6.28. The molecular formula is C17H18ClN5O2. The van der Waals surface area contributed by atoms with Gasteiger partial charge in [-0.3, -0.25) is 14.7 Å². The van der Waals surface area contributed by atoms with Gasteiger partial charge in [0.1, 0.15) is 11.2 Å². The van der Waals surface area contributed by atoms with Crippen molar-refractivity contribution in [1.82, 2.24) is 15.0 Å². The minimum atomic E-state index is -0.770. The Morgan fingerprint density at radius 3 is 2.88 bits per heavy atom. The van der Waals surface area contributed by atoms with Crippen molar-refractivity contribution >= 4 is 29.0 Å². The molecule has 4 heterocycles. The number of hydrogen-bond donors (Lipinski definition) is 0. The number of carbonyl (C=O) groups is 1. The number of aromatic nitrogens is 3. The largest absolute Gasteiger partial charge is 0.378 e. The molecular weight excluding hydrogens is 342 g/mol. The number of anilines is 2. The Labute approximate surface area is 150 Å². The van der Waals surface area contributed by atoms with Gasteiger partial charge >= 0.3 is 0 Å². The first kappa shape index (κ1) is 16.2. The van der Waals surface area contributed by atoms with Crippen LogP contribution < -0.4 is 9.80 Å². The summed E-state index contributed by atoms with van der Waals surface area (Å²) in [4.78, 5) is 30.0. The molecule has 4 rings (SSSR count). The third-order valence-corrected chi connectivity index (χ3v) is 5.24. The highest BCUT2D eigenvalue weighted by Gasteiger charge is 2.54. The summed E-state index contributed by atoms with van der Waals surface area (Å²) in [6.45, 7) is 2.82. The molecule has 130 valence electrons. The smallest absolute Gasteiger partial charge is 0.256 e. The lowest BCUT2D eigenvalue weighted by Gasteiger charge is -2.47. The van der Waals surface area contributed by atoms with Crippen molar-refractivity contribution in [2.24, 2.45) is 0 Å². The summed E-state index contributed by atoms with van der Waals surface area (Å²) in [6.07, 6.45) is 3.93. The van der Waals surface area contributed by atoms with Crippen molar-refractivity contribution in [1.29, 1.82) is 0 Å². The maximum absolute atomic E-state index is 13.5. The van der Waals surface area contributed by atoms with Gasteiger partial charge in [0.25, 0.3) is 5.91 Å². The summed E-state index contributed by atoms with van der Waals surface area (Å²) in [6, 6.07) is 5.41. The lowest BCUT2D eigenvalue weighted by Crippen LogP contribution is -2.63. The van der Waals surface area contributed by atoms with Gasteiger partial charge < -0.3 is 9.64 Å². The van der Waals surface area contributed by atoms with Gasteiger partial charge in [-0.25, -0.2) is 4.98 Å². The molecule has 0 saturated carbocycles. The molecule has 1 saturated heterocycles. The third kappa shape index (κ3) is 2.38. The maximum atomic E-state index is 13.5. The Balaban J connectivity index is 1.88. The van der Waals surface area contributed by atoms with Crippen LogP contribution in [0.3, 0.4) is 0 Å². The van der Waals surface area contributed by atoms with Gasteiger partial charge in [-0.05, 0) is 30.7 Å². The van der Waals surface area contributed by atoms with Gasteiger partial charge in [0.2, 0.25) is 5.28 Å². The van der Waals surface area contributed by atoms with Gasteiger partial charge in [0.05, 0.1) is 24.5 Å². The molecule has 7 nitrogen and oxygen atoms in total. The van der Waals surface area contributed by atoms with Crippen LogP contribution >= 0.6 is 11.6 Å². The number of likely N-dealkylation sites (N-methyl/N-ethyl adjacent to an activating group) is 1. The number of amides is 1. The highest BCUT2D eigenvalue weighted by Crippen LogP contribution is 2.44. The van der Waals surface area contributed by atoms with Crippen LogP contribution in [0.25, 0.3) is 0 Å². The Morgan fingerprint density at radius 1 is 1.36 bits per heavy atom. The molecule has 2 aliphatic heterocycles. The van der Waals surface area contributed by atoms with Crippen LogP contribution in [0.1, 0.15) is 25.1 Å². The van der Waals surface area contributed by atoms with Gasteiger partial charge in [0.15, 0.2) is 5.82 Å². The van der Waals surface area contributed by atoms with Crippen LogP contribution in [0.2, 0.25) is 5.28 Å². The molecule has 2 atom stereocenters. The number of fused-ring (bicyclic) bond motifs is 1. The lowest BCUT2D eigenvalue weighted by molar-refractivity contribution is -0.124. The normalized spacial score (nSPS) is 23.9. The van der Waals surface area contributed by atoms with E-state index in [1.165, 1.54) is 0 Å². The zero-order chi connectivity index (χ0) is 17.6. The topological polar surface area (TPSA) is 71.5 Å². The summed E-state index contributed by atoms with van der Waals surface area (Å²) >= 11 is 6.02. The molecule has 2 aromatic heterocycles. The molecule has 0 aliphatic carbocycles. The maximum Gasteiger partial charge on any atom is 0.256 e. The van der Waals surface area contributed by atoms with Crippen molar-refractivity contribution in [3.8, 4) is 0 Å².